The van der Waals surface area contributed by atoms with Crippen LogP contribution in [0.2, 0.25) is 0 Å². The van der Waals surface area contributed by atoms with E-state index in [2.05, 4.69) is 37.5 Å². The molecule has 12 aliphatic carbocycles. The molecule has 0 saturated heterocycles. The molecule has 12 fully saturated rings. The average molecular weight is 821 g/mol. The lowest BCUT2D eigenvalue weighted by Crippen LogP contribution is -2.66. The number of nitrogens with zero attached hydrogens (tertiary/aromatic N) is 2. The molecule has 0 bridgehead atoms. The van der Waals surface area contributed by atoms with Gasteiger partial charge < -0.3 is 0 Å². The Balaban J connectivity index is 0.845. The second-order valence-electron chi connectivity index (χ2n) is 27.2. The molecule has 0 spiro atoms. The van der Waals surface area contributed by atoms with E-state index < -0.39 is 0 Å². The molecule has 18 unspecified atom stereocenters. The second kappa shape index (κ2) is 16.4. The minimum atomic E-state index is 0.574. The summed E-state index contributed by atoms with van der Waals surface area (Å²) in [6.07, 6.45) is 49.8. The van der Waals surface area contributed by atoms with Crippen molar-refractivity contribution >= 4 is 0 Å². The summed E-state index contributed by atoms with van der Waals surface area (Å²) in [6, 6.07) is 5.45. The highest BCUT2D eigenvalue weighted by molar-refractivity contribution is 5.14. The Morgan fingerprint density at radius 3 is 1.08 bits per heavy atom. The van der Waals surface area contributed by atoms with E-state index in [-0.39, 0.29) is 0 Å². The first-order valence-corrected chi connectivity index (χ1v) is 28.8. The van der Waals surface area contributed by atoms with Gasteiger partial charge >= 0.3 is 0 Å². The predicted octanol–water partition coefficient (Wildman–Crippen LogP) is 15.1. The number of hydrogen-bond acceptors (Lipinski definition) is 2. The van der Waals surface area contributed by atoms with Gasteiger partial charge in [-0.1, -0.05) is 118 Å². The third kappa shape index (κ3) is 6.66. The molecule has 60 heavy (non-hydrogen) atoms. The van der Waals surface area contributed by atoms with Crippen LogP contribution in [0.15, 0.2) is 0 Å². The van der Waals surface area contributed by atoms with Crippen LogP contribution in [0.5, 0.6) is 0 Å². The van der Waals surface area contributed by atoms with Crippen LogP contribution in [-0.2, 0) is 0 Å². The van der Waals surface area contributed by atoms with Gasteiger partial charge in [0.25, 0.3) is 0 Å². The maximum absolute atomic E-state index is 3.51. The minimum absolute atomic E-state index is 0.574. The molecule has 0 heterocycles. The molecule has 0 N–H and O–H groups in total. The van der Waals surface area contributed by atoms with Gasteiger partial charge in [0.2, 0.25) is 0 Å². The van der Waals surface area contributed by atoms with Gasteiger partial charge in [0, 0.05) is 36.3 Å². The number of rotatable bonds is 6. The lowest BCUT2D eigenvalue weighted by molar-refractivity contribution is -0.165. The van der Waals surface area contributed by atoms with E-state index in [0.29, 0.717) is 10.8 Å². The van der Waals surface area contributed by atoms with Gasteiger partial charge in [0.1, 0.15) is 0 Å². The molecule has 2 heteroatoms. The van der Waals surface area contributed by atoms with Crippen molar-refractivity contribution < 1.29 is 0 Å². The molecule has 2 nitrogen and oxygen atoms in total. The van der Waals surface area contributed by atoms with Crippen LogP contribution in [0.3, 0.4) is 0 Å². The van der Waals surface area contributed by atoms with Crippen molar-refractivity contribution in [2.75, 3.05) is 0 Å². The van der Waals surface area contributed by atoms with E-state index in [0.717, 1.165) is 119 Å². The largest absolute Gasteiger partial charge is 0.294 e. The fraction of sp³-hybridized carbons (Fsp3) is 1.00. The van der Waals surface area contributed by atoms with Crippen molar-refractivity contribution in [2.24, 2.45) is 93.7 Å². The van der Waals surface area contributed by atoms with Crippen molar-refractivity contribution in [3.63, 3.8) is 0 Å². The fourth-order valence-corrected chi connectivity index (χ4v) is 22.8. The third-order valence-electron chi connectivity index (χ3n) is 24.7. The quantitative estimate of drug-likeness (QED) is 0.263. The number of hydrogen-bond donors (Lipinski definition) is 0. The summed E-state index contributed by atoms with van der Waals surface area (Å²) in [7, 11) is 0. The van der Waals surface area contributed by atoms with Gasteiger partial charge in [-0.25, -0.2) is 0 Å². The molecule has 0 aliphatic heterocycles. The van der Waals surface area contributed by atoms with Crippen molar-refractivity contribution in [1.29, 1.82) is 0 Å². The molecule has 0 amide bonds. The zero-order valence-electron chi connectivity index (χ0n) is 40.1. The fourth-order valence-electron chi connectivity index (χ4n) is 22.8. The summed E-state index contributed by atoms with van der Waals surface area (Å²) in [5.41, 5.74) is 1.15. The van der Waals surface area contributed by atoms with E-state index >= 15 is 0 Å². The summed E-state index contributed by atoms with van der Waals surface area (Å²) >= 11 is 0. The summed E-state index contributed by atoms with van der Waals surface area (Å²) in [6.45, 7) is 11.1. The SMILES string of the molecule is CC1(C)C2CCCCC2C2CCC(N(C3CCCCC3)C3CC4CCCC5C4C4C(CCCC43)CC5N(C3CCCCC3)C3CCC4C5CCCCC5C(C)(C)C4C3)CC21. The first-order valence-electron chi connectivity index (χ1n) is 28.8. The van der Waals surface area contributed by atoms with Crippen LogP contribution >= 0.6 is 0 Å². The second-order valence-corrected chi connectivity index (χ2v) is 27.2. The van der Waals surface area contributed by atoms with Crippen LogP contribution in [0.1, 0.15) is 233 Å². The van der Waals surface area contributed by atoms with E-state index in [9.17, 15) is 0 Å². The first kappa shape index (κ1) is 41.4. The third-order valence-corrected chi connectivity index (χ3v) is 24.7. The molecule has 0 aromatic carbocycles. The average Bonchev–Trinajstić information content (AvgIpc) is 3.66. The van der Waals surface area contributed by atoms with Crippen molar-refractivity contribution in [3.05, 3.63) is 0 Å². The van der Waals surface area contributed by atoms with Crippen molar-refractivity contribution in [1.82, 2.24) is 9.80 Å². The Bertz CT molecular complexity index is 1370. The van der Waals surface area contributed by atoms with Gasteiger partial charge in [-0.2, -0.15) is 0 Å². The van der Waals surface area contributed by atoms with Crippen LogP contribution in [0.4, 0.5) is 0 Å². The predicted molar refractivity (Wildman–Crippen MR) is 251 cm³/mol. The topological polar surface area (TPSA) is 6.48 Å². The Morgan fingerprint density at radius 2 is 0.650 bits per heavy atom. The highest BCUT2D eigenvalue weighted by Crippen LogP contribution is 2.67. The first-order chi connectivity index (χ1) is 29.3. The summed E-state index contributed by atoms with van der Waals surface area (Å²) < 4.78 is 0. The normalized spacial score (nSPS) is 51.3. The van der Waals surface area contributed by atoms with Crippen LogP contribution in [-0.4, -0.2) is 46.1 Å². The highest BCUT2D eigenvalue weighted by Gasteiger charge is 2.63. The maximum Gasteiger partial charge on any atom is 0.0135 e. The van der Waals surface area contributed by atoms with E-state index in [4.69, 9.17) is 0 Å². The minimum Gasteiger partial charge on any atom is -0.294 e. The van der Waals surface area contributed by atoms with Crippen LogP contribution in [0.25, 0.3) is 0 Å². The van der Waals surface area contributed by atoms with Crippen LogP contribution in [0, 0.1) is 93.7 Å². The van der Waals surface area contributed by atoms with E-state index in [1.54, 1.807) is 116 Å². The number of fused-ring (bicyclic) bond motifs is 6. The molecule has 12 rings (SSSR count). The molecule has 0 aromatic heterocycles. The highest BCUT2D eigenvalue weighted by atomic mass is 15.2. The van der Waals surface area contributed by atoms with Gasteiger partial charge in [-0.3, -0.25) is 9.80 Å². The maximum atomic E-state index is 3.51. The van der Waals surface area contributed by atoms with Crippen molar-refractivity contribution in [2.45, 2.75) is 269 Å². The summed E-state index contributed by atoms with van der Waals surface area (Å²) in [5, 5.41) is 0. The molecule has 0 aromatic rings. The Kier molecular flexibility index (Phi) is 11.3. The smallest absolute Gasteiger partial charge is 0.0135 e. The Morgan fingerprint density at radius 1 is 0.283 bits per heavy atom. The Hall–Kier alpha value is -0.0800. The Labute approximate surface area is 371 Å². The molecular formula is C58H96N2. The lowest BCUT2D eigenvalue weighted by atomic mass is 9.45. The van der Waals surface area contributed by atoms with Gasteiger partial charge in [-0.15, -0.1) is 0 Å². The zero-order chi connectivity index (χ0) is 40.3. The molecule has 0 radical (unpaired) electrons. The van der Waals surface area contributed by atoms with E-state index in [1.807, 2.05) is 0 Å². The van der Waals surface area contributed by atoms with Crippen molar-refractivity contribution in [3.8, 4) is 0 Å². The molecular weight excluding hydrogens is 725 g/mol. The monoisotopic (exact) mass is 821 g/mol. The molecule has 18 atom stereocenters. The van der Waals surface area contributed by atoms with Gasteiger partial charge in [0.15, 0.2) is 0 Å². The lowest BCUT2D eigenvalue weighted by Gasteiger charge is -2.66. The summed E-state index contributed by atoms with van der Waals surface area (Å²) in [4.78, 5) is 7.03. The molecule has 12 aliphatic rings. The van der Waals surface area contributed by atoms with Crippen LogP contribution < -0.4 is 0 Å². The zero-order valence-corrected chi connectivity index (χ0v) is 40.1. The molecule has 338 valence electrons. The van der Waals surface area contributed by atoms with Gasteiger partial charge in [0.05, 0.1) is 0 Å². The van der Waals surface area contributed by atoms with Gasteiger partial charge in [-0.05, 0) is 209 Å². The summed E-state index contributed by atoms with van der Waals surface area (Å²) in [5.74, 6) is 14.6. The molecule has 12 saturated carbocycles. The van der Waals surface area contributed by atoms with E-state index in [1.165, 1.54) is 89.9 Å². The standard InChI is InChI=1S/C58H96N2/c1-57(2)49-27-13-11-23-43(49)45-31-29-41(35-51(45)57)59(39-19-7-5-8-20-39)53-33-37-17-16-26-48-54(34-38-18-15-25-47(53)55(38)56(37)48)60(40-21-9-6-10-22-40)42-30-32-46-44-24-12-14-28-50(44)58(3,4)52(46)36-42/h37-56H,5-36H2,1-4H3.